The number of benzene rings is 2. The van der Waals surface area contributed by atoms with Gasteiger partial charge in [-0.25, -0.2) is 23.9 Å². The predicted molar refractivity (Wildman–Crippen MR) is 162 cm³/mol. The first-order valence-corrected chi connectivity index (χ1v) is 15.4. The standard InChI is InChI=1S/C27H28FN7O4S.C2HF3O2/c1-3-4-13-34-25-24(26(36)35(27(34)37)15-19-7-5-6-8-21(19)28)30-22(31-25)14-18-9-11-20(12-10-18)32-40(38,39)23-16-33(2)17-29-23;3-2(4,5)1(6)7/h5-12,16-17,32H,3-4,13-15H2,1-2H3,(H,30,31);(H,6,7). The highest BCUT2D eigenvalue weighted by atomic mass is 32.2. The number of aromatic amines is 1. The van der Waals surface area contributed by atoms with Gasteiger partial charge >= 0.3 is 17.8 Å². The Bertz CT molecular complexity index is 2120. The molecule has 0 bridgehead atoms. The molecule has 18 heteroatoms. The molecule has 0 aliphatic heterocycles. The highest BCUT2D eigenvalue weighted by Crippen LogP contribution is 2.18. The summed E-state index contributed by atoms with van der Waals surface area (Å²) >= 11 is 0. The maximum Gasteiger partial charge on any atom is 0.490 e. The summed E-state index contributed by atoms with van der Waals surface area (Å²) in [5.74, 6) is -2.79. The molecule has 5 aromatic rings. The normalized spacial score (nSPS) is 11.7. The smallest absolute Gasteiger partial charge is 0.475 e. The van der Waals surface area contributed by atoms with Crippen molar-refractivity contribution in [2.45, 2.75) is 50.5 Å². The van der Waals surface area contributed by atoms with E-state index in [0.717, 1.165) is 16.6 Å². The Morgan fingerprint density at radius 1 is 1.06 bits per heavy atom. The zero-order valence-corrected chi connectivity index (χ0v) is 25.8. The highest BCUT2D eigenvalue weighted by molar-refractivity contribution is 7.92. The molecule has 0 spiro atoms. The van der Waals surface area contributed by atoms with Gasteiger partial charge in [-0.3, -0.25) is 18.7 Å². The van der Waals surface area contributed by atoms with Crippen LogP contribution < -0.4 is 16.0 Å². The number of imidazole rings is 2. The highest BCUT2D eigenvalue weighted by Gasteiger charge is 2.38. The van der Waals surface area contributed by atoms with E-state index in [0.29, 0.717) is 30.9 Å². The fourth-order valence-corrected chi connectivity index (χ4v) is 5.41. The summed E-state index contributed by atoms with van der Waals surface area (Å²) < 4.78 is 77.7. The number of carboxylic acid groups (broad SMARTS) is 1. The number of sulfonamides is 1. The lowest BCUT2D eigenvalue weighted by molar-refractivity contribution is -0.192. The van der Waals surface area contributed by atoms with E-state index in [1.807, 2.05) is 6.92 Å². The van der Waals surface area contributed by atoms with E-state index < -0.39 is 39.2 Å². The van der Waals surface area contributed by atoms with E-state index in [-0.39, 0.29) is 28.3 Å². The van der Waals surface area contributed by atoms with Gasteiger partial charge in [-0.05, 0) is 30.2 Å². The van der Waals surface area contributed by atoms with Gasteiger partial charge in [0.15, 0.2) is 10.7 Å². The summed E-state index contributed by atoms with van der Waals surface area (Å²) in [7, 11) is -2.14. The molecule has 0 fully saturated rings. The third kappa shape index (κ3) is 8.32. The van der Waals surface area contributed by atoms with Gasteiger partial charge < -0.3 is 14.7 Å². The van der Waals surface area contributed by atoms with Crippen LogP contribution in [0, 0.1) is 5.82 Å². The number of anilines is 1. The van der Waals surface area contributed by atoms with Gasteiger partial charge in [0.25, 0.3) is 15.6 Å². The van der Waals surface area contributed by atoms with Crippen LogP contribution in [0.5, 0.6) is 0 Å². The van der Waals surface area contributed by atoms with Crippen LogP contribution in [0.25, 0.3) is 11.2 Å². The van der Waals surface area contributed by atoms with Crippen molar-refractivity contribution in [3.05, 3.63) is 105 Å². The first-order chi connectivity index (χ1) is 22.1. The average molecular weight is 680 g/mol. The number of hydrogen-bond donors (Lipinski definition) is 3. The number of alkyl halides is 3. The number of hydrogen-bond acceptors (Lipinski definition) is 7. The van der Waals surface area contributed by atoms with Crippen molar-refractivity contribution in [1.29, 1.82) is 0 Å². The van der Waals surface area contributed by atoms with E-state index in [4.69, 9.17) is 9.90 Å². The second-order valence-corrected chi connectivity index (χ2v) is 11.9. The number of aromatic nitrogens is 6. The molecule has 0 aliphatic rings. The number of rotatable bonds is 10. The molecule has 0 saturated heterocycles. The van der Waals surface area contributed by atoms with Crippen molar-refractivity contribution in [3.8, 4) is 0 Å². The molecular weight excluding hydrogens is 650 g/mol. The topological polar surface area (TPSA) is 174 Å². The number of halogens is 4. The minimum Gasteiger partial charge on any atom is -0.475 e. The second-order valence-electron chi connectivity index (χ2n) is 10.3. The molecule has 250 valence electrons. The number of nitrogens with one attached hydrogen (secondary N) is 2. The van der Waals surface area contributed by atoms with Gasteiger partial charge in [0.1, 0.15) is 17.2 Å². The molecule has 0 saturated carbocycles. The van der Waals surface area contributed by atoms with E-state index >= 15 is 0 Å². The van der Waals surface area contributed by atoms with Crippen molar-refractivity contribution >= 4 is 32.8 Å². The van der Waals surface area contributed by atoms with E-state index in [1.54, 1.807) is 54.1 Å². The summed E-state index contributed by atoms with van der Waals surface area (Å²) in [5.41, 5.74) is 0.703. The molecule has 0 amide bonds. The van der Waals surface area contributed by atoms with Gasteiger partial charge in [0, 0.05) is 37.5 Å². The van der Waals surface area contributed by atoms with Crippen LogP contribution >= 0.6 is 0 Å². The summed E-state index contributed by atoms with van der Waals surface area (Å²) in [4.78, 5) is 47.1. The number of carbonyl (C=O) groups is 1. The van der Waals surface area contributed by atoms with Gasteiger partial charge in [-0.1, -0.05) is 43.7 Å². The number of aryl methyl sites for hydroxylation is 2. The van der Waals surface area contributed by atoms with Crippen LogP contribution in [0.15, 0.2) is 75.7 Å². The lowest BCUT2D eigenvalue weighted by Gasteiger charge is -2.11. The Balaban J connectivity index is 0.000000644. The van der Waals surface area contributed by atoms with Crippen molar-refractivity contribution in [1.82, 2.24) is 28.7 Å². The van der Waals surface area contributed by atoms with Crippen molar-refractivity contribution in [2.75, 3.05) is 4.72 Å². The first-order valence-electron chi connectivity index (χ1n) is 14.0. The molecule has 0 radical (unpaired) electrons. The number of unbranched alkanes of at least 4 members (excludes halogenated alkanes) is 1. The molecule has 2 aromatic carbocycles. The van der Waals surface area contributed by atoms with Crippen LogP contribution in [-0.2, 0) is 41.4 Å². The SMILES string of the molecule is CCCCn1c(=O)n(Cc2ccccc2F)c(=O)c2[nH]c(Cc3ccc(NS(=O)(=O)c4cn(C)cn4)cc3)nc21.O=C(O)C(F)(F)F. The number of carboxylic acids is 1. The Morgan fingerprint density at radius 3 is 2.30 bits per heavy atom. The number of fused-ring (bicyclic) bond motifs is 1. The fourth-order valence-electron chi connectivity index (χ4n) is 4.37. The number of nitrogens with zero attached hydrogens (tertiary/aromatic N) is 5. The van der Waals surface area contributed by atoms with Gasteiger partial charge in [0.05, 0.1) is 12.9 Å². The quantitative estimate of drug-likeness (QED) is 0.188. The Hall–Kier alpha value is -5.26. The van der Waals surface area contributed by atoms with Crippen LogP contribution in [-0.4, -0.2) is 54.3 Å². The van der Waals surface area contributed by atoms with E-state index in [9.17, 15) is 35.6 Å². The van der Waals surface area contributed by atoms with Crippen LogP contribution in [0.4, 0.5) is 23.2 Å². The van der Waals surface area contributed by atoms with Crippen molar-refractivity contribution < 1.29 is 35.9 Å². The molecule has 5 rings (SSSR count). The summed E-state index contributed by atoms with van der Waals surface area (Å²) in [6.45, 7) is 2.16. The van der Waals surface area contributed by atoms with Crippen LogP contribution in [0.3, 0.4) is 0 Å². The molecule has 3 N–H and O–H groups in total. The predicted octanol–water partition coefficient (Wildman–Crippen LogP) is 3.63. The largest absolute Gasteiger partial charge is 0.490 e. The van der Waals surface area contributed by atoms with Gasteiger partial charge in [-0.2, -0.15) is 21.6 Å². The average Bonchev–Trinajstić information content (AvgIpc) is 3.64. The second kappa shape index (κ2) is 14.0. The Kier molecular flexibility index (Phi) is 10.3. The Morgan fingerprint density at radius 2 is 1.72 bits per heavy atom. The summed E-state index contributed by atoms with van der Waals surface area (Å²) in [6.07, 6.45) is -0.445. The molecular formula is C29H29F4N7O6S. The molecule has 13 nitrogen and oxygen atoms in total. The molecule has 3 heterocycles. The number of aliphatic carboxylic acids is 1. The molecule has 3 aromatic heterocycles. The summed E-state index contributed by atoms with van der Waals surface area (Å²) in [5, 5.41) is 7.04. The monoisotopic (exact) mass is 679 g/mol. The zero-order valence-electron chi connectivity index (χ0n) is 25.0. The first kappa shape index (κ1) is 34.6. The molecule has 0 atom stereocenters. The van der Waals surface area contributed by atoms with Gasteiger partial charge in [0.2, 0.25) is 0 Å². The van der Waals surface area contributed by atoms with E-state index in [2.05, 4.69) is 19.7 Å². The molecule has 0 unspecified atom stereocenters. The maximum atomic E-state index is 14.3. The third-order valence-electron chi connectivity index (χ3n) is 6.71. The number of H-pyrrole nitrogens is 1. The summed E-state index contributed by atoms with van der Waals surface area (Å²) in [6, 6.07) is 12.8. The third-order valence-corrected chi connectivity index (χ3v) is 7.97. The lowest BCUT2D eigenvalue weighted by atomic mass is 10.1. The van der Waals surface area contributed by atoms with Crippen LogP contribution in [0.1, 0.15) is 36.7 Å². The molecule has 47 heavy (non-hydrogen) atoms. The lowest BCUT2D eigenvalue weighted by Crippen LogP contribution is -2.40. The van der Waals surface area contributed by atoms with Crippen LogP contribution in [0.2, 0.25) is 0 Å². The van der Waals surface area contributed by atoms with Crippen molar-refractivity contribution in [2.24, 2.45) is 7.05 Å². The Labute approximate surface area is 264 Å². The minimum atomic E-state index is -5.08. The fraction of sp³-hybridized carbons (Fsp3) is 0.276. The maximum absolute atomic E-state index is 14.3. The van der Waals surface area contributed by atoms with Gasteiger partial charge in [-0.15, -0.1) is 0 Å². The van der Waals surface area contributed by atoms with Crippen molar-refractivity contribution in [3.63, 3.8) is 0 Å². The molecule has 0 aliphatic carbocycles. The van der Waals surface area contributed by atoms with E-state index in [1.165, 1.54) is 23.2 Å². The zero-order chi connectivity index (χ0) is 34.5. The minimum absolute atomic E-state index is 0.0869.